The molecule has 4 heteroatoms. The van der Waals surface area contributed by atoms with Gasteiger partial charge in [0.15, 0.2) is 0 Å². The van der Waals surface area contributed by atoms with Crippen molar-refractivity contribution in [3.8, 4) is 0 Å². The molecule has 1 fully saturated rings. The standard InChI is InChI=1S/C10H13NO3/c1-7(9-3-2-5-13-9)11-8-4-6-14-10(8)12/h2-3,5,7-8,11H,4,6H2,1H3. The number of ether oxygens (including phenoxy) is 1. The minimum absolute atomic E-state index is 0.0423. The third-order valence-corrected chi connectivity index (χ3v) is 2.36. The highest BCUT2D eigenvalue weighted by Gasteiger charge is 2.28. The van der Waals surface area contributed by atoms with Crippen LogP contribution < -0.4 is 5.32 Å². The van der Waals surface area contributed by atoms with Gasteiger partial charge in [0.2, 0.25) is 0 Å². The van der Waals surface area contributed by atoms with Gasteiger partial charge < -0.3 is 9.15 Å². The molecule has 2 heterocycles. The number of cyclic esters (lactones) is 1. The van der Waals surface area contributed by atoms with E-state index < -0.39 is 0 Å². The zero-order valence-electron chi connectivity index (χ0n) is 8.03. The molecule has 0 radical (unpaired) electrons. The Morgan fingerprint density at radius 1 is 1.64 bits per heavy atom. The molecule has 76 valence electrons. The first-order valence-electron chi connectivity index (χ1n) is 4.73. The van der Waals surface area contributed by atoms with Gasteiger partial charge in [0.1, 0.15) is 11.8 Å². The molecule has 1 aliphatic rings. The number of carbonyl (C=O) groups excluding carboxylic acids is 1. The maximum atomic E-state index is 11.2. The van der Waals surface area contributed by atoms with Crippen molar-refractivity contribution in [3.63, 3.8) is 0 Å². The van der Waals surface area contributed by atoms with Crippen LogP contribution in [0.1, 0.15) is 25.1 Å². The normalized spacial score (nSPS) is 23.5. The second-order valence-corrected chi connectivity index (χ2v) is 3.41. The number of hydrogen-bond acceptors (Lipinski definition) is 4. The van der Waals surface area contributed by atoms with Gasteiger partial charge in [-0.2, -0.15) is 0 Å². The summed E-state index contributed by atoms with van der Waals surface area (Å²) in [5.41, 5.74) is 0. The summed E-state index contributed by atoms with van der Waals surface area (Å²) < 4.78 is 10.1. The SMILES string of the molecule is CC(NC1CCOC1=O)c1ccco1. The summed E-state index contributed by atoms with van der Waals surface area (Å²) in [5, 5.41) is 3.16. The lowest BCUT2D eigenvalue weighted by atomic mass is 10.2. The summed E-state index contributed by atoms with van der Waals surface area (Å²) in [6, 6.07) is 3.58. The molecule has 2 atom stereocenters. The van der Waals surface area contributed by atoms with E-state index in [0.717, 1.165) is 12.2 Å². The molecular formula is C10H13NO3. The molecule has 0 bridgehead atoms. The lowest BCUT2D eigenvalue weighted by Gasteiger charge is -2.14. The maximum absolute atomic E-state index is 11.2. The summed E-state index contributed by atoms with van der Waals surface area (Å²) in [5.74, 6) is 0.674. The summed E-state index contributed by atoms with van der Waals surface area (Å²) >= 11 is 0. The predicted molar refractivity (Wildman–Crippen MR) is 49.6 cm³/mol. The van der Waals surface area contributed by atoms with Crippen LogP contribution in [0.3, 0.4) is 0 Å². The topological polar surface area (TPSA) is 51.5 Å². The Labute approximate surface area is 82.2 Å². The van der Waals surface area contributed by atoms with E-state index in [1.54, 1.807) is 6.26 Å². The van der Waals surface area contributed by atoms with Crippen molar-refractivity contribution in [2.75, 3.05) is 6.61 Å². The smallest absolute Gasteiger partial charge is 0.323 e. The van der Waals surface area contributed by atoms with Crippen molar-refractivity contribution in [1.82, 2.24) is 5.32 Å². The largest absolute Gasteiger partial charge is 0.468 e. The monoisotopic (exact) mass is 195 g/mol. The Balaban J connectivity index is 1.94. The highest BCUT2D eigenvalue weighted by Crippen LogP contribution is 2.16. The van der Waals surface area contributed by atoms with Crippen molar-refractivity contribution >= 4 is 5.97 Å². The van der Waals surface area contributed by atoms with Gasteiger partial charge in [-0.15, -0.1) is 0 Å². The molecule has 1 N–H and O–H groups in total. The van der Waals surface area contributed by atoms with E-state index in [-0.39, 0.29) is 18.1 Å². The number of rotatable bonds is 3. The first-order valence-corrected chi connectivity index (χ1v) is 4.73. The Hall–Kier alpha value is -1.29. The van der Waals surface area contributed by atoms with Gasteiger partial charge in [-0.05, 0) is 19.1 Å². The van der Waals surface area contributed by atoms with E-state index in [1.165, 1.54) is 0 Å². The molecule has 1 aromatic rings. The van der Waals surface area contributed by atoms with Gasteiger partial charge in [0.25, 0.3) is 0 Å². The predicted octanol–water partition coefficient (Wildman–Crippen LogP) is 1.25. The van der Waals surface area contributed by atoms with Crippen molar-refractivity contribution in [3.05, 3.63) is 24.2 Å². The fraction of sp³-hybridized carbons (Fsp3) is 0.500. The van der Waals surface area contributed by atoms with Crippen LogP contribution in [0.25, 0.3) is 0 Å². The first-order chi connectivity index (χ1) is 6.77. The van der Waals surface area contributed by atoms with Crippen LogP contribution in [0.4, 0.5) is 0 Å². The minimum Gasteiger partial charge on any atom is -0.468 e. The van der Waals surface area contributed by atoms with Gasteiger partial charge in [0, 0.05) is 6.42 Å². The molecule has 1 aliphatic heterocycles. The average molecular weight is 195 g/mol. The zero-order valence-corrected chi connectivity index (χ0v) is 8.03. The quantitative estimate of drug-likeness (QED) is 0.737. The van der Waals surface area contributed by atoms with Crippen molar-refractivity contribution in [1.29, 1.82) is 0 Å². The molecule has 1 aromatic heterocycles. The summed E-state index contributed by atoms with van der Waals surface area (Å²) in [7, 11) is 0. The molecule has 2 unspecified atom stereocenters. The Bertz CT molecular complexity index is 307. The Morgan fingerprint density at radius 2 is 2.50 bits per heavy atom. The molecule has 4 nitrogen and oxygen atoms in total. The lowest BCUT2D eigenvalue weighted by Crippen LogP contribution is -2.34. The Kier molecular flexibility index (Phi) is 2.54. The van der Waals surface area contributed by atoms with Crippen molar-refractivity contribution < 1.29 is 13.9 Å². The number of hydrogen-bond donors (Lipinski definition) is 1. The summed E-state index contributed by atoms with van der Waals surface area (Å²) in [4.78, 5) is 11.2. The fourth-order valence-corrected chi connectivity index (χ4v) is 1.57. The molecule has 0 amide bonds. The number of furan rings is 1. The van der Waals surface area contributed by atoms with Gasteiger partial charge in [-0.25, -0.2) is 0 Å². The number of nitrogens with one attached hydrogen (secondary N) is 1. The fourth-order valence-electron chi connectivity index (χ4n) is 1.57. The molecule has 0 spiro atoms. The minimum atomic E-state index is -0.185. The van der Waals surface area contributed by atoms with E-state index in [9.17, 15) is 4.79 Å². The molecule has 1 saturated heterocycles. The molecule has 2 rings (SSSR count). The highest BCUT2D eigenvalue weighted by molar-refractivity contribution is 5.77. The average Bonchev–Trinajstić information content (AvgIpc) is 2.77. The van der Waals surface area contributed by atoms with Crippen molar-refractivity contribution in [2.24, 2.45) is 0 Å². The van der Waals surface area contributed by atoms with E-state index in [2.05, 4.69) is 5.32 Å². The van der Waals surface area contributed by atoms with Crippen LogP contribution in [0, 0.1) is 0 Å². The van der Waals surface area contributed by atoms with E-state index in [1.807, 2.05) is 19.1 Å². The summed E-state index contributed by atoms with van der Waals surface area (Å²) in [6.45, 7) is 2.48. The van der Waals surface area contributed by atoms with Gasteiger partial charge in [-0.3, -0.25) is 10.1 Å². The number of esters is 1. The first kappa shape index (κ1) is 9.27. The molecule has 0 aromatic carbocycles. The van der Waals surface area contributed by atoms with Crippen LogP contribution in [0.2, 0.25) is 0 Å². The van der Waals surface area contributed by atoms with E-state index in [4.69, 9.17) is 9.15 Å². The second kappa shape index (κ2) is 3.84. The molecule has 0 aliphatic carbocycles. The van der Waals surface area contributed by atoms with Gasteiger partial charge >= 0.3 is 5.97 Å². The second-order valence-electron chi connectivity index (χ2n) is 3.41. The van der Waals surface area contributed by atoms with Gasteiger partial charge in [0.05, 0.1) is 18.9 Å². The summed E-state index contributed by atoms with van der Waals surface area (Å²) in [6.07, 6.45) is 2.37. The molecule has 0 saturated carbocycles. The molecular weight excluding hydrogens is 182 g/mol. The van der Waals surface area contributed by atoms with Crippen LogP contribution >= 0.6 is 0 Å². The maximum Gasteiger partial charge on any atom is 0.323 e. The third-order valence-electron chi connectivity index (χ3n) is 2.36. The van der Waals surface area contributed by atoms with Crippen molar-refractivity contribution in [2.45, 2.75) is 25.4 Å². The van der Waals surface area contributed by atoms with Crippen LogP contribution in [-0.2, 0) is 9.53 Å². The molecule has 14 heavy (non-hydrogen) atoms. The Morgan fingerprint density at radius 3 is 3.07 bits per heavy atom. The van der Waals surface area contributed by atoms with Crippen LogP contribution in [0.15, 0.2) is 22.8 Å². The lowest BCUT2D eigenvalue weighted by molar-refractivity contribution is -0.139. The van der Waals surface area contributed by atoms with Gasteiger partial charge in [-0.1, -0.05) is 0 Å². The highest BCUT2D eigenvalue weighted by atomic mass is 16.5. The third kappa shape index (κ3) is 1.80. The zero-order chi connectivity index (χ0) is 9.97. The number of carbonyl (C=O) groups is 1. The van der Waals surface area contributed by atoms with Crippen LogP contribution in [-0.4, -0.2) is 18.6 Å². The van der Waals surface area contributed by atoms with E-state index >= 15 is 0 Å². The van der Waals surface area contributed by atoms with E-state index in [0.29, 0.717) is 6.61 Å². The van der Waals surface area contributed by atoms with Crippen LogP contribution in [0.5, 0.6) is 0 Å².